The van der Waals surface area contributed by atoms with Gasteiger partial charge in [0.15, 0.2) is 0 Å². The number of methoxy groups -OCH3 is 2. The molecule has 0 spiro atoms. The third-order valence-corrected chi connectivity index (χ3v) is 4.68. The fraction of sp³-hybridized carbons (Fsp3) is 0.350. The van der Waals surface area contributed by atoms with Gasteiger partial charge in [0.25, 0.3) is 0 Å². The number of carbonyl (C=O) groups is 1. The van der Waals surface area contributed by atoms with E-state index in [0.29, 0.717) is 13.1 Å². The van der Waals surface area contributed by atoms with Gasteiger partial charge in [-0.25, -0.2) is 4.79 Å². The summed E-state index contributed by atoms with van der Waals surface area (Å²) in [6, 6.07) is 13.6. The lowest BCUT2D eigenvalue weighted by Crippen LogP contribution is -2.50. The average Bonchev–Trinajstić information content (AvgIpc) is 2.69. The first-order valence-electron chi connectivity index (χ1n) is 8.71. The quantitative estimate of drug-likeness (QED) is 0.914. The van der Waals surface area contributed by atoms with Gasteiger partial charge in [0, 0.05) is 37.9 Å². The van der Waals surface area contributed by atoms with Gasteiger partial charge in [-0.3, -0.25) is 0 Å². The molecule has 0 unspecified atom stereocenters. The molecule has 1 aliphatic heterocycles. The molecule has 1 aliphatic rings. The minimum atomic E-state index is -0.0550. The molecule has 1 fully saturated rings. The highest BCUT2D eigenvalue weighted by Crippen LogP contribution is 2.32. The van der Waals surface area contributed by atoms with E-state index in [1.165, 1.54) is 0 Å². The summed E-state index contributed by atoms with van der Waals surface area (Å²) in [5.74, 6) is 1.55. The van der Waals surface area contributed by atoms with Crippen LogP contribution < -0.4 is 19.7 Å². The second-order valence-corrected chi connectivity index (χ2v) is 6.26. The molecule has 1 saturated heterocycles. The molecule has 138 valence electrons. The number of rotatable bonds is 4. The highest BCUT2D eigenvalue weighted by molar-refractivity contribution is 5.90. The first-order chi connectivity index (χ1) is 12.6. The fourth-order valence-electron chi connectivity index (χ4n) is 3.10. The molecule has 2 amide bonds. The van der Waals surface area contributed by atoms with E-state index in [4.69, 9.17) is 9.47 Å². The number of hydrogen-bond acceptors (Lipinski definition) is 4. The standard InChI is InChI=1S/C20H25N3O3/c1-15-6-4-5-7-17(15)21-20(24)23-12-10-22(11-13-23)18-9-8-16(25-2)14-19(18)26-3/h4-9,14H,10-13H2,1-3H3,(H,21,24). The first kappa shape index (κ1) is 17.9. The van der Waals surface area contributed by atoms with Gasteiger partial charge in [0.2, 0.25) is 0 Å². The zero-order valence-corrected chi connectivity index (χ0v) is 15.5. The maximum Gasteiger partial charge on any atom is 0.321 e. The van der Waals surface area contributed by atoms with Crippen LogP contribution in [0.2, 0.25) is 0 Å². The van der Waals surface area contributed by atoms with Crippen LogP contribution >= 0.6 is 0 Å². The summed E-state index contributed by atoms with van der Waals surface area (Å²) in [6.07, 6.45) is 0. The predicted molar refractivity (Wildman–Crippen MR) is 104 cm³/mol. The van der Waals surface area contributed by atoms with Crippen LogP contribution in [0.25, 0.3) is 0 Å². The molecule has 2 aromatic carbocycles. The molecule has 26 heavy (non-hydrogen) atoms. The van der Waals surface area contributed by atoms with Gasteiger partial charge >= 0.3 is 6.03 Å². The molecule has 3 rings (SSSR count). The van der Waals surface area contributed by atoms with Gasteiger partial charge in [-0.05, 0) is 30.7 Å². The van der Waals surface area contributed by atoms with Crippen molar-refractivity contribution < 1.29 is 14.3 Å². The summed E-state index contributed by atoms with van der Waals surface area (Å²) in [5, 5.41) is 3.00. The maximum atomic E-state index is 12.5. The number of piperazine rings is 1. The second-order valence-electron chi connectivity index (χ2n) is 6.26. The second kappa shape index (κ2) is 7.99. The number of nitrogens with one attached hydrogen (secondary N) is 1. The molecule has 1 heterocycles. The molecule has 0 radical (unpaired) electrons. The highest BCUT2D eigenvalue weighted by atomic mass is 16.5. The van der Waals surface area contributed by atoms with E-state index in [-0.39, 0.29) is 6.03 Å². The third kappa shape index (κ3) is 3.85. The van der Waals surface area contributed by atoms with Crippen LogP contribution in [0.15, 0.2) is 42.5 Å². The molecule has 2 aromatic rings. The van der Waals surface area contributed by atoms with Crippen LogP contribution in [0, 0.1) is 6.92 Å². The molecule has 0 aromatic heterocycles. The number of nitrogens with zero attached hydrogens (tertiary/aromatic N) is 2. The molecule has 6 nitrogen and oxygen atoms in total. The Balaban J connectivity index is 1.62. The lowest BCUT2D eigenvalue weighted by Gasteiger charge is -2.36. The summed E-state index contributed by atoms with van der Waals surface area (Å²) in [6.45, 7) is 4.82. The van der Waals surface area contributed by atoms with Crippen molar-refractivity contribution in [3.63, 3.8) is 0 Å². The summed E-state index contributed by atoms with van der Waals surface area (Å²) in [5.41, 5.74) is 2.94. The van der Waals surface area contributed by atoms with Crippen molar-refractivity contribution in [1.29, 1.82) is 0 Å². The Hall–Kier alpha value is -2.89. The number of urea groups is 1. The van der Waals surface area contributed by atoms with Crippen molar-refractivity contribution in [2.75, 3.05) is 50.6 Å². The maximum absolute atomic E-state index is 12.5. The Kier molecular flexibility index (Phi) is 5.51. The first-order valence-corrected chi connectivity index (χ1v) is 8.71. The number of hydrogen-bond donors (Lipinski definition) is 1. The van der Waals surface area contributed by atoms with Crippen molar-refractivity contribution in [2.24, 2.45) is 0 Å². The normalized spacial score (nSPS) is 14.1. The van der Waals surface area contributed by atoms with Crippen LogP contribution in [0.3, 0.4) is 0 Å². The van der Waals surface area contributed by atoms with E-state index >= 15 is 0 Å². The number of ether oxygens (including phenoxy) is 2. The van der Waals surface area contributed by atoms with Crippen molar-refractivity contribution in [3.8, 4) is 11.5 Å². The van der Waals surface area contributed by atoms with Gasteiger partial charge in [-0.2, -0.15) is 0 Å². The fourth-order valence-corrected chi connectivity index (χ4v) is 3.10. The van der Waals surface area contributed by atoms with Gasteiger partial charge in [0.05, 0.1) is 19.9 Å². The summed E-state index contributed by atoms with van der Waals surface area (Å²) < 4.78 is 10.7. The van der Waals surface area contributed by atoms with Crippen LogP contribution in [0.1, 0.15) is 5.56 Å². The van der Waals surface area contributed by atoms with E-state index in [1.807, 2.05) is 54.3 Å². The Labute approximate surface area is 154 Å². The van der Waals surface area contributed by atoms with Crippen LogP contribution in [0.5, 0.6) is 11.5 Å². The van der Waals surface area contributed by atoms with E-state index in [2.05, 4.69) is 10.2 Å². The Morgan fingerprint density at radius 2 is 1.73 bits per heavy atom. The number of aryl methyl sites for hydroxylation is 1. The number of benzene rings is 2. The molecule has 0 aliphatic carbocycles. The lowest BCUT2D eigenvalue weighted by molar-refractivity contribution is 0.208. The molecule has 0 atom stereocenters. The van der Waals surface area contributed by atoms with Crippen LogP contribution in [0.4, 0.5) is 16.2 Å². The Morgan fingerprint density at radius 1 is 1.00 bits per heavy atom. The van der Waals surface area contributed by atoms with E-state index in [1.54, 1.807) is 14.2 Å². The monoisotopic (exact) mass is 355 g/mol. The van der Waals surface area contributed by atoms with Crippen LogP contribution in [-0.2, 0) is 0 Å². The number of carbonyl (C=O) groups excluding carboxylic acids is 1. The topological polar surface area (TPSA) is 54.0 Å². The van der Waals surface area contributed by atoms with Crippen molar-refractivity contribution in [1.82, 2.24) is 4.90 Å². The Morgan fingerprint density at radius 3 is 2.38 bits per heavy atom. The van der Waals surface area contributed by atoms with E-state index in [9.17, 15) is 4.79 Å². The smallest absolute Gasteiger partial charge is 0.321 e. The lowest BCUT2D eigenvalue weighted by atomic mass is 10.2. The molecule has 1 N–H and O–H groups in total. The molecule has 0 bridgehead atoms. The number of para-hydroxylation sites is 1. The minimum Gasteiger partial charge on any atom is -0.497 e. The zero-order chi connectivity index (χ0) is 18.5. The minimum absolute atomic E-state index is 0.0550. The number of anilines is 2. The largest absolute Gasteiger partial charge is 0.497 e. The summed E-state index contributed by atoms with van der Waals surface area (Å²) >= 11 is 0. The van der Waals surface area contributed by atoms with Gasteiger partial charge < -0.3 is 24.6 Å². The van der Waals surface area contributed by atoms with E-state index in [0.717, 1.165) is 41.5 Å². The van der Waals surface area contributed by atoms with Crippen LogP contribution in [-0.4, -0.2) is 51.3 Å². The van der Waals surface area contributed by atoms with Gasteiger partial charge in [-0.1, -0.05) is 18.2 Å². The Bertz CT molecular complexity index is 771. The average molecular weight is 355 g/mol. The van der Waals surface area contributed by atoms with Gasteiger partial charge in [0.1, 0.15) is 11.5 Å². The summed E-state index contributed by atoms with van der Waals surface area (Å²) in [4.78, 5) is 16.6. The SMILES string of the molecule is COc1ccc(N2CCN(C(=O)Nc3ccccc3C)CC2)c(OC)c1. The predicted octanol–water partition coefficient (Wildman–Crippen LogP) is 3.37. The zero-order valence-electron chi connectivity index (χ0n) is 15.5. The van der Waals surface area contributed by atoms with E-state index < -0.39 is 0 Å². The van der Waals surface area contributed by atoms with Crippen molar-refractivity contribution >= 4 is 17.4 Å². The molecule has 6 heteroatoms. The van der Waals surface area contributed by atoms with Crippen molar-refractivity contribution in [3.05, 3.63) is 48.0 Å². The molecular weight excluding hydrogens is 330 g/mol. The highest BCUT2D eigenvalue weighted by Gasteiger charge is 2.23. The number of amides is 2. The molecule has 0 saturated carbocycles. The van der Waals surface area contributed by atoms with Crippen molar-refractivity contribution in [2.45, 2.75) is 6.92 Å². The third-order valence-electron chi connectivity index (χ3n) is 4.68. The summed E-state index contributed by atoms with van der Waals surface area (Å²) in [7, 11) is 3.30. The molecular formula is C20H25N3O3. The van der Waals surface area contributed by atoms with Gasteiger partial charge in [-0.15, -0.1) is 0 Å².